The Balaban J connectivity index is 2.48. The Bertz CT molecular complexity index is 597. The first-order valence-electron chi connectivity index (χ1n) is 6.51. The van der Waals surface area contributed by atoms with Crippen LogP contribution in [-0.4, -0.2) is 16.5 Å². The van der Waals surface area contributed by atoms with Crippen LogP contribution in [0.25, 0.3) is 0 Å². The minimum absolute atomic E-state index is 0.244. The fourth-order valence-electron chi connectivity index (χ4n) is 2.01. The van der Waals surface area contributed by atoms with Crippen LogP contribution in [0.5, 0.6) is 0 Å². The van der Waals surface area contributed by atoms with Crippen LogP contribution in [0.3, 0.4) is 0 Å². The van der Waals surface area contributed by atoms with Gasteiger partial charge in [-0.05, 0) is 26.0 Å². The standard InChI is InChI=1S/C15H17F2N3/c1-4-18-15(12-8-19-10(3)7-20-12)11-6-5-9(2)13(16)14(11)17/h5-8,15,18H,4H2,1-3H3. The Hall–Kier alpha value is -1.88. The van der Waals surface area contributed by atoms with Gasteiger partial charge in [0.25, 0.3) is 0 Å². The minimum atomic E-state index is -0.835. The Labute approximate surface area is 117 Å². The molecule has 0 aliphatic heterocycles. The normalized spacial score (nSPS) is 12.4. The number of aryl methyl sites for hydroxylation is 2. The maximum Gasteiger partial charge on any atom is 0.164 e. The summed E-state index contributed by atoms with van der Waals surface area (Å²) >= 11 is 0. The number of aromatic nitrogens is 2. The van der Waals surface area contributed by atoms with Gasteiger partial charge in [0, 0.05) is 11.8 Å². The average molecular weight is 277 g/mol. The minimum Gasteiger partial charge on any atom is -0.305 e. The van der Waals surface area contributed by atoms with E-state index in [1.54, 1.807) is 24.5 Å². The summed E-state index contributed by atoms with van der Waals surface area (Å²) in [7, 11) is 0. The van der Waals surface area contributed by atoms with Crippen LogP contribution in [0.2, 0.25) is 0 Å². The molecule has 0 fully saturated rings. The lowest BCUT2D eigenvalue weighted by Crippen LogP contribution is -2.24. The molecule has 20 heavy (non-hydrogen) atoms. The topological polar surface area (TPSA) is 37.8 Å². The number of halogens is 2. The lowest BCUT2D eigenvalue weighted by atomic mass is 10.0. The van der Waals surface area contributed by atoms with Crippen molar-refractivity contribution in [3.63, 3.8) is 0 Å². The zero-order valence-electron chi connectivity index (χ0n) is 11.7. The summed E-state index contributed by atoms with van der Waals surface area (Å²) in [4.78, 5) is 8.41. The predicted octanol–water partition coefficient (Wildman–Crippen LogP) is 3.07. The van der Waals surface area contributed by atoms with Crippen LogP contribution in [-0.2, 0) is 0 Å². The predicted molar refractivity (Wildman–Crippen MR) is 73.4 cm³/mol. The van der Waals surface area contributed by atoms with Gasteiger partial charge in [-0.15, -0.1) is 0 Å². The second kappa shape index (κ2) is 6.05. The highest BCUT2D eigenvalue weighted by atomic mass is 19.2. The van der Waals surface area contributed by atoms with Gasteiger partial charge in [-0.25, -0.2) is 8.78 Å². The van der Waals surface area contributed by atoms with Crippen LogP contribution in [0, 0.1) is 25.5 Å². The molecular formula is C15H17F2N3. The second-order valence-corrected chi connectivity index (χ2v) is 4.67. The molecule has 1 heterocycles. The first-order chi connectivity index (χ1) is 9.54. The molecule has 1 unspecified atom stereocenters. The third-order valence-electron chi connectivity index (χ3n) is 3.12. The van der Waals surface area contributed by atoms with Gasteiger partial charge >= 0.3 is 0 Å². The van der Waals surface area contributed by atoms with Crippen molar-refractivity contribution in [3.05, 3.63) is 58.7 Å². The molecule has 0 amide bonds. The lowest BCUT2D eigenvalue weighted by Gasteiger charge is -2.19. The first kappa shape index (κ1) is 14.5. The molecule has 1 aromatic carbocycles. The molecule has 1 N–H and O–H groups in total. The van der Waals surface area contributed by atoms with Gasteiger partial charge in [0.15, 0.2) is 11.6 Å². The zero-order valence-corrected chi connectivity index (χ0v) is 11.7. The molecule has 0 aliphatic rings. The van der Waals surface area contributed by atoms with E-state index in [4.69, 9.17) is 0 Å². The van der Waals surface area contributed by atoms with E-state index in [9.17, 15) is 8.78 Å². The van der Waals surface area contributed by atoms with Gasteiger partial charge in [0.2, 0.25) is 0 Å². The van der Waals surface area contributed by atoms with E-state index >= 15 is 0 Å². The van der Waals surface area contributed by atoms with Crippen molar-refractivity contribution in [2.45, 2.75) is 26.8 Å². The maximum absolute atomic E-state index is 14.1. The molecule has 0 spiro atoms. The molecule has 0 saturated heterocycles. The van der Waals surface area contributed by atoms with Gasteiger partial charge in [-0.1, -0.05) is 19.1 Å². The van der Waals surface area contributed by atoms with Crippen LogP contribution in [0.4, 0.5) is 8.78 Å². The highest BCUT2D eigenvalue weighted by Gasteiger charge is 2.21. The molecule has 3 nitrogen and oxygen atoms in total. The Morgan fingerprint density at radius 2 is 1.85 bits per heavy atom. The van der Waals surface area contributed by atoms with Crippen LogP contribution >= 0.6 is 0 Å². The fourth-order valence-corrected chi connectivity index (χ4v) is 2.01. The summed E-state index contributed by atoms with van der Waals surface area (Å²) in [5.74, 6) is -1.65. The first-order valence-corrected chi connectivity index (χ1v) is 6.51. The fraction of sp³-hybridized carbons (Fsp3) is 0.333. The smallest absolute Gasteiger partial charge is 0.164 e. The molecule has 0 bridgehead atoms. The van der Waals surface area contributed by atoms with Gasteiger partial charge in [-0.3, -0.25) is 9.97 Å². The van der Waals surface area contributed by atoms with Crippen LogP contribution in [0.15, 0.2) is 24.5 Å². The van der Waals surface area contributed by atoms with Crippen molar-refractivity contribution < 1.29 is 8.78 Å². The van der Waals surface area contributed by atoms with Crippen molar-refractivity contribution in [1.82, 2.24) is 15.3 Å². The number of nitrogens with zero attached hydrogens (tertiary/aromatic N) is 2. The highest BCUT2D eigenvalue weighted by molar-refractivity contribution is 5.32. The Morgan fingerprint density at radius 3 is 2.45 bits per heavy atom. The molecule has 0 aliphatic carbocycles. The van der Waals surface area contributed by atoms with Crippen LogP contribution < -0.4 is 5.32 Å². The van der Waals surface area contributed by atoms with E-state index in [2.05, 4.69) is 15.3 Å². The molecule has 2 aromatic rings. The van der Waals surface area contributed by atoms with Crippen molar-refractivity contribution in [2.24, 2.45) is 0 Å². The number of rotatable bonds is 4. The van der Waals surface area contributed by atoms with Crippen molar-refractivity contribution in [2.75, 3.05) is 6.54 Å². The molecule has 2 rings (SSSR count). The molecule has 106 valence electrons. The largest absolute Gasteiger partial charge is 0.305 e. The Morgan fingerprint density at radius 1 is 1.10 bits per heavy atom. The third kappa shape index (κ3) is 2.82. The van der Waals surface area contributed by atoms with Crippen molar-refractivity contribution in [1.29, 1.82) is 0 Å². The summed E-state index contributed by atoms with van der Waals surface area (Å²) in [5, 5.41) is 3.11. The maximum atomic E-state index is 14.1. The van der Waals surface area contributed by atoms with E-state index in [1.165, 1.54) is 6.92 Å². The molecule has 1 atom stereocenters. The third-order valence-corrected chi connectivity index (χ3v) is 3.12. The molecule has 1 aromatic heterocycles. The SMILES string of the molecule is CCNC(c1cnc(C)cn1)c1ccc(C)c(F)c1F. The molecule has 0 radical (unpaired) electrons. The summed E-state index contributed by atoms with van der Waals surface area (Å²) in [6.07, 6.45) is 3.20. The van der Waals surface area contributed by atoms with Crippen molar-refractivity contribution >= 4 is 0 Å². The number of hydrogen-bond acceptors (Lipinski definition) is 3. The second-order valence-electron chi connectivity index (χ2n) is 4.67. The molecule has 0 saturated carbocycles. The van der Waals surface area contributed by atoms with E-state index in [0.717, 1.165) is 5.69 Å². The van der Waals surface area contributed by atoms with Gasteiger partial charge in [0.1, 0.15) is 0 Å². The summed E-state index contributed by atoms with van der Waals surface area (Å²) in [6, 6.07) is 2.64. The highest BCUT2D eigenvalue weighted by Crippen LogP contribution is 2.25. The van der Waals surface area contributed by atoms with E-state index in [1.807, 2.05) is 13.8 Å². The average Bonchev–Trinajstić information content (AvgIpc) is 2.44. The lowest BCUT2D eigenvalue weighted by molar-refractivity contribution is 0.476. The van der Waals surface area contributed by atoms with E-state index < -0.39 is 17.7 Å². The molecule has 5 heteroatoms. The van der Waals surface area contributed by atoms with Gasteiger partial charge < -0.3 is 5.32 Å². The number of benzene rings is 1. The summed E-state index contributed by atoms with van der Waals surface area (Å²) < 4.78 is 27.9. The zero-order chi connectivity index (χ0) is 14.7. The number of nitrogens with one attached hydrogen (secondary N) is 1. The molecular weight excluding hydrogens is 260 g/mol. The Kier molecular flexibility index (Phi) is 4.39. The van der Waals surface area contributed by atoms with E-state index in [0.29, 0.717) is 12.2 Å². The van der Waals surface area contributed by atoms with Gasteiger partial charge in [0.05, 0.1) is 23.6 Å². The summed E-state index contributed by atoms with van der Waals surface area (Å²) in [5.41, 5.74) is 1.88. The quantitative estimate of drug-likeness (QED) is 0.933. The summed E-state index contributed by atoms with van der Waals surface area (Å²) in [6.45, 7) is 5.87. The van der Waals surface area contributed by atoms with Gasteiger partial charge in [-0.2, -0.15) is 0 Å². The number of hydrogen-bond donors (Lipinski definition) is 1. The monoisotopic (exact) mass is 277 g/mol. The van der Waals surface area contributed by atoms with E-state index in [-0.39, 0.29) is 11.1 Å². The van der Waals surface area contributed by atoms with Crippen LogP contribution in [0.1, 0.15) is 35.5 Å². The van der Waals surface area contributed by atoms with Crippen molar-refractivity contribution in [3.8, 4) is 0 Å².